The van der Waals surface area contributed by atoms with Gasteiger partial charge in [-0.2, -0.15) is 0 Å². The number of likely N-dealkylation sites (N-methyl/N-ethyl adjacent to an activating group) is 1. The maximum absolute atomic E-state index is 11.6. The Morgan fingerprint density at radius 3 is 2.78 bits per heavy atom. The Morgan fingerprint density at radius 2 is 2.17 bits per heavy atom. The Labute approximate surface area is 113 Å². The first-order valence-corrected chi connectivity index (χ1v) is 6.15. The van der Waals surface area contributed by atoms with Crippen molar-refractivity contribution in [1.82, 2.24) is 4.90 Å². The SMILES string of the molecule is CC(C)=CC(=O)N(C)CCOc1cccc(Cl)c1. The molecule has 0 spiro atoms. The van der Waals surface area contributed by atoms with Crippen molar-refractivity contribution >= 4 is 17.5 Å². The molecule has 0 aliphatic carbocycles. The highest BCUT2D eigenvalue weighted by atomic mass is 35.5. The lowest BCUT2D eigenvalue weighted by Crippen LogP contribution is -2.29. The van der Waals surface area contributed by atoms with E-state index in [9.17, 15) is 4.79 Å². The van der Waals surface area contributed by atoms with Gasteiger partial charge in [0.2, 0.25) is 5.91 Å². The largest absolute Gasteiger partial charge is 0.492 e. The number of nitrogens with zero attached hydrogens (tertiary/aromatic N) is 1. The summed E-state index contributed by atoms with van der Waals surface area (Å²) in [4.78, 5) is 13.2. The van der Waals surface area contributed by atoms with Gasteiger partial charge in [0, 0.05) is 18.1 Å². The summed E-state index contributed by atoms with van der Waals surface area (Å²) in [6, 6.07) is 7.21. The molecule has 0 radical (unpaired) electrons. The molecule has 0 aromatic heterocycles. The molecule has 1 aromatic rings. The fourth-order valence-electron chi connectivity index (χ4n) is 1.32. The van der Waals surface area contributed by atoms with Gasteiger partial charge in [-0.25, -0.2) is 0 Å². The predicted octanol–water partition coefficient (Wildman–Crippen LogP) is 3.14. The lowest BCUT2D eigenvalue weighted by Gasteiger charge is -2.16. The van der Waals surface area contributed by atoms with Crippen molar-refractivity contribution in [3.05, 3.63) is 40.9 Å². The van der Waals surface area contributed by atoms with Crippen molar-refractivity contribution in [3.63, 3.8) is 0 Å². The minimum atomic E-state index is -0.00954. The van der Waals surface area contributed by atoms with E-state index in [1.807, 2.05) is 26.0 Å². The zero-order valence-corrected chi connectivity index (χ0v) is 11.7. The van der Waals surface area contributed by atoms with Crippen LogP contribution < -0.4 is 4.74 Å². The van der Waals surface area contributed by atoms with Crippen LogP contribution in [0.5, 0.6) is 5.75 Å². The number of hydrogen-bond acceptors (Lipinski definition) is 2. The van der Waals surface area contributed by atoms with Crippen LogP contribution >= 0.6 is 11.6 Å². The Kier molecular flexibility index (Phi) is 5.72. The number of amides is 1. The molecular formula is C14H18ClNO2. The van der Waals surface area contributed by atoms with Crippen LogP contribution in [0.2, 0.25) is 5.02 Å². The van der Waals surface area contributed by atoms with Crippen LogP contribution in [0.1, 0.15) is 13.8 Å². The molecule has 0 aliphatic heterocycles. The van der Waals surface area contributed by atoms with E-state index in [1.54, 1.807) is 30.2 Å². The number of allylic oxidation sites excluding steroid dienone is 1. The van der Waals surface area contributed by atoms with Crippen LogP contribution in [0.4, 0.5) is 0 Å². The summed E-state index contributed by atoms with van der Waals surface area (Å²) in [6.45, 7) is 4.77. The molecule has 98 valence electrons. The molecule has 4 heteroatoms. The molecule has 0 bridgehead atoms. The molecule has 0 atom stereocenters. The van der Waals surface area contributed by atoms with Crippen LogP contribution in [0.3, 0.4) is 0 Å². The Balaban J connectivity index is 2.38. The molecule has 1 amide bonds. The highest BCUT2D eigenvalue weighted by molar-refractivity contribution is 6.30. The zero-order valence-electron chi connectivity index (χ0n) is 10.9. The van der Waals surface area contributed by atoms with E-state index in [0.29, 0.717) is 23.9 Å². The van der Waals surface area contributed by atoms with Crippen molar-refractivity contribution in [2.75, 3.05) is 20.2 Å². The van der Waals surface area contributed by atoms with Gasteiger partial charge in [0.05, 0.1) is 6.54 Å². The number of ether oxygens (including phenoxy) is 1. The molecule has 3 nitrogen and oxygen atoms in total. The molecule has 0 saturated heterocycles. The number of halogens is 1. The lowest BCUT2D eigenvalue weighted by atomic mass is 10.3. The van der Waals surface area contributed by atoms with Gasteiger partial charge in [0.1, 0.15) is 12.4 Å². The first kappa shape index (κ1) is 14.6. The van der Waals surface area contributed by atoms with Crippen molar-refractivity contribution in [2.45, 2.75) is 13.8 Å². The fraction of sp³-hybridized carbons (Fsp3) is 0.357. The Morgan fingerprint density at radius 1 is 1.44 bits per heavy atom. The maximum Gasteiger partial charge on any atom is 0.246 e. The molecule has 0 fully saturated rings. The topological polar surface area (TPSA) is 29.5 Å². The van der Waals surface area contributed by atoms with Gasteiger partial charge < -0.3 is 9.64 Å². The van der Waals surface area contributed by atoms with Crippen LogP contribution in [-0.2, 0) is 4.79 Å². The third-order valence-electron chi connectivity index (χ3n) is 2.28. The van der Waals surface area contributed by atoms with Gasteiger partial charge in [-0.05, 0) is 32.0 Å². The number of benzene rings is 1. The normalized spacial score (nSPS) is 9.78. The average Bonchev–Trinajstić information content (AvgIpc) is 2.28. The summed E-state index contributed by atoms with van der Waals surface area (Å²) in [6.07, 6.45) is 1.61. The minimum Gasteiger partial charge on any atom is -0.492 e. The Bertz CT molecular complexity index is 439. The standard InChI is InChI=1S/C14H18ClNO2/c1-11(2)9-14(17)16(3)7-8-18-13-6-4-5-12(15)10-13/h4-6,9-10H,7-8H2,1-3H3. The summed E-state index contributed by atoms with van der Waals surface area (Å²) < 4.78 is 5.51. The number of rotatable bonds is 5. The van der Waals surface area contributed by atoms with Crippen molar-refractivity contribution < 1.29 is 9.53 Å². The summed E-state index contributed by atoms with van der Waals surface area (Å²) in [5.41, 5.74) is 0.989. The van der Waals surface area contributed by atoms with Gasteiger partial charge in [-0.15, -0.1) is 0 Å². The van der Waals surface area contributed by atoms with Gasteiger partial charge >= 0.3 is 0 Å². The summed E-state index contributed by atoms with van der Waals surface area (Å²) in [5, 5.41) is 0.640. The molecule has 18 heavy (non-hydrogen) atoms. The average molecular weight is 268 g/mol. The van der Waals surface area contributed by atoms with Gasteiger partial charge in [0.25, 0.3) is 0 Å². The molecule has 1 rings (SSSR count). The molecule has 0 saturated carbocycles. The van der Waals surface area contributed by atoms with Crippen molar-refractivity contribution in [1.29, 1.82) is 0 Å². The zero-order chi connectivity index (χ0) is 13.5. The fourth-order valence-corrected chi connectivity index (χ4v) is 1.50. The van der Waals surface area contributed by atoms with Crippen molar-refractivity contribution in [3.8, 4) is 5.75 Å². The molecule has 0 unspecified atom stereocenters. The van der Waals surface area contributed by atoms with E-state index < -0.39 is 0 Å². The van der Waals surface area contributed by atoms with Crippen LogP contribution in [0.25, 0.3) is 0 Å². The van der Waals surface area contributed by atoms with E-state index in [2.05, 4.69) is 0 Å². The second-order valence-corrected chi connectivity index (χ2v) is 4.72. The van der Waals surface area contributed by atoms with E-state index in [1.165, 1.54) is 0 Å². The predicted molar refractivity (Wildman–Crippen MR) is 74.0 cm³/mol. The minimum absolute atomic E-state index is 0.00954. The molecular weight excluding hydrogens is 250 g/mol. The summed E-state index contributed by atoms with van der Waals surface area (Å²) in [5.74, 6) is 0.704. The summed E-state index contributed by atoms with van der Waals surface area (Å²) in [7, 11) is 1.75. The molecule has 0 heterocycles. The number of hydrogen-bond donors (Lipinski definition) is 0. The number of carbonyl (C=O) groups excluding carboxylic acids is 1. The maximum atomic E-state index is 11.6. The molecule has 1 aromatic carbocycles. The quantitative estimate of drug-likeness (QED) is 0.767. The van der Waals surface area contributed by atoms with E-state index in [4.69, 9.17) is 16.3 Å². The van der Waals surface area contributed by atoms with E-state index >= 15 is 0 Å². The second-order valence-electron chi connectivity index (χ2n) is 4.29. The first-order chi connectivity index (χ1) is 8.49. The van der Waals surface area contributed by atoms with Crippen LogP contribution in [0, 0.1) is 0 Å². The third-order valence-corrected chi connectivity index (χ3v) is 2.51. The van der Waals surface area contributed by atoms with Gasteiger partial charge in [0.15, 0.2) is 0 Å². The monoisotopic (exact) mass is 267 g/mol. The third kappa shape index (κ3) is 5.23. The molecule has 0 aliphatic rings. The Hall–Kier alpha value is -1.48. The van der Waals surface area contributed by atoms with Gasteiger partial charge in [-0.3, -0.25) is 4.79 Å². The molecule has 0 N–H and O–H groups in total. The second kappa shape index (κ2) is 7.07. The first-order valence-electron chi connectivity index (χ1n) is 5.77. The van der Waals surface area contributed by atoms with Crippen LogP contribution in [0.15, 0.2) is 35.9 Å². The summed E-state index contributed by atoms with van der Waals surface area (Å²) >= 11 is 5.84. The van der Waals surface area contributed by atoms with E-state index in [0.717, 1.165) is 5.57 Å². The highest BCUT2D eigenvalue weighted by Crippen LogP contribution is 2.16. The van der Waals surface area contributed by atoms with Crippen molar-refractivity contribution in [2.24, 2.45) is 0 Å². The highest BCUT2D eigenvalue weighted by Gasteiger charge is 2.05. The smallest absolute Gasteiger partial charge is 0.246 e. The lowest BCUT2D eigenvalue weighted by molar-refractivity contribution is -0.125. The van der Waals surface area contributed by atoms with E-state index in [-0.39, 0.29) is 5.91 Å². The van der Waals surface area contributed by atoms with Gasteiger partial charge in [-0.1, -0.05) is 23.2 Å². The van der Waals surface area contributed by atoms with Crippen LogP contribution in [-0.4, -0.2) is 31.0 Å². The number of carbonyl (C=O) groups is 1.